The number of anilines is 2. The zero-order valence-electron chi connectivity index (χ0n) is 14.0. The van der Waals surface area contributed by atoms with Crippen LogP contribution in [0, 0.1) is 0 Å². The third-order valence-electron chi connectivity index (χ3n) is 3.90. The second-order valence-electron chi connectivity index (χ2n) is 5.89. The van der Waals surface area contributed by atoms with Crippen LogP contribution in [0.4, 0.5) is 11.6 Å². The van der Waals surface area contributed by atoms with E-state index in [9.17, 15) is 0 Å². The van der Waals surface area contributed by atoms with Crippen molar-refractivity contribution in [3.63, 3.8) is 0 Å². The summed E-state index contributed by atoms with van der Waals surface area (Å²) in [5.41, 5.74) is 9.11. The Labute approximate surface area is 165 Å². The minimum atomic E-state index is 0.447. The summed E-state index contributed by atoms with van der Waals surface area (Å²) in [7, 11) is 0. The van der Waals surface area contributed by atoms with Gasteiger partial charge < -0.3 is 20.8 Å². The number of nitrogens with zero attached hydrogens (tertiary/aromatic N) is 2. The number of nitrogens with one attached hydrogen (secondary N) is 2. The van der Waals surface area contributed by atoms with Crippen molar-refractivity contribution < 1.29 is 4.74 Å². The average molecular weight is 400 g/mol. The highest BCUT2D eigenvalue weighted by Crippen LogP contribution is 2.27. The summed E-state index contributed by atoms with van der Waals surface area (Å²) in [5, 5.41) is 4.36. The SMILES string of the molecule is Nc1ccc2nc(NCc3ccc(Oc4ccc(Cl)cn4)cc3Cl)[nH]c2c1. The van der Waals surface area contributed by atoms with Crippen molar-refractivity contribution in [3.8, 4) is 11.6 Å². The van der Waals surface area contributed by atoms with E-state index in [4.69, 9.17) is 33.7 Å². The fraction of sp³-hybridized carbons (Fsp3) is 0.0526. The maximum Gasteiger partial charge on any atom is 0.219 e. The minimum absolute atomic E-state index is 0.447. The molecule has 4 rings (SSSR count). The van der Waals surface area contributed by atoms with E-state index in [0.717, 1.165) is 16.6 Å². The lowest BCUT2D eigenvalue weighted by molar-refractivity contribution is 0.463. The number of aromatic nitrogens is 3. The highest BCUT2D eigenvalue weighted by Gasteiger charge is 2.07. The van der Waals surface area contributed by atoms with Gasteiger partial charge >= 0.3 is 0 Å². The maximum absolute atomic E-state index is 6.38. The first-order valence-electron chi connectivity index (χ1n) is 8.14. The van der Waals surface area contributed by atoms with Gasteiger partial charge in [-0.25, -0.2) is 9.97 Å². The number of rotatable bonds is 5. The van der Waals surface area contributed by atoms with Crippen LogP contribution < -0.4 is 15.8 Å². The number of nitrogen functional groups attached to an aromatic ring is 1. The number of benzene rings is 2. The van der Waals surface area contributed by atoms with Gasteiger partial charge in [-0.2, -0.15) is 0 Å². The fourth-order valence-electron chi connectivity index (χ4n) is 2.57. The number of H-pyrrole nitrogens is 1. The van der Waals surface area contributed by atoms with Gasteiger partial charge in [-0.15, -0.1) is 0 Å². The Morgan fingerprint density at radius 2 is 1.96 bits per heavy atom. The van der Waals surface area contributed by atoms with E-state index in [0.29, 0.717) is 39.9 Å². The molecule has 0 atom stereocenters. The van der Waals surface area contributed by atoms with Crippen LogP contribution in [0.3, 0.4) is 0 Å². The molecule has 8 heteroatoms. The number of ether oxygens (including phenoxy) is 1. The Balaban J connectivity index is 1.44. The summed E-state index contributed by atoms with van der Waals surface area (Å²) in [6.45, 7) is 0.508. The Hall–Kier alpha value is -2.96. The molecule has 0 bridgehead atoms. The summed E-state index contributed by atoms with van der Waals surface area (Å²) in [4.78, 5) is 11.8. The van der Waals surface area contributed by atoms with Gasteiger partial charge in [0.05, 0.1) is 16.1 Å². The second kappa shape index (κ2) is 7.34. The van der Waals surface area contributed by atoms with Crippen molar-refractivity contribution in [3.05, 3.63) is 70.3 Å². The zero-order chi connectivity index (χ0) is 18.8. The molecular weight excluding hydrogens is 385 g/mol. The van der Waals surface area contributed by atoms with Crippen LogP contribution in [0.5, 0.6) is 11.6 Å². The van der Waals surface area contributed by atoms with Crippen LogP contribution in [0.15, 0.2) is 54.7 Å². The number of hydrogen-bond acceptors (Lipinski definition) is 5. The van der Waals surface area contributed by atoms with Gasteiger partial charge in [0.25, 0.3) is 0 Å². The summed E-state index contributed by atoms with van der Waals surface area (Å²) < 4.78 is 5.68. The predicted octanol–water partition coefficient (Wildman–Crippen LogP) is 5.25. The summed E-state index contributed by atoms with van der Waals surface area (Å²) in [5.74, 6) is 1.69. The third-order valence-corrected chi connectivity index (χ3v) is 4.47. The first-order valence-corrected chi connectivity index (χ1v) is 8.89. The number of nitrogens with two attached hydrogens (primary N) is 1. The lowest BCUT2D eigenvalue weighted by Crippen LogP contribution is -2.01. The molecule has 0 aliphatic heterocycles. The van der Waals surface area contributed by atoms with Gasteiger partial charge in [-0.05, 0) is 42.0 Å². The van der Waals surface area contributed by atoms with Crippen molar-refractivity contribution >= 4 is 45.9 Å². The number of pyridine rings is 1. The molecular formula is C19H15Cl2N5O. The van der Waals surface area contributed by atoms with E-state index in [1.807, 2.05) is 30.3 Å². The molecule has 0 amide bonds. The monoisotopic (exact) mass is 399 g/mol. The zero-order valence-corrected chi connectivity index (χ0v) is 15.6. The van der Waals surface area contributed by atoms with Gasteiger partial charge in [-0.3, -0.25) is 0 Å². The Bertz CT molecular complexity index is 1100. The van der Waals surface area contributed by atoms with Gasteiger partial charge in [-0.1, -0.05) is 29.3 Å². The number of halogens is 2. The van der Waals surface area contributed by atoms with E-state index >= 15 is 0 Å². The second-order valence-corrected chi connectivity index (χ2v) is 6.73. The minimum Gasteiger partial charge on any atom is -0.439 e. The van der Waals surface area contributed by atoms with Gasteiger partial charge in [0.1, 0.15) is 5.75 Å². The highest BCUT2D eigenvalue weighted by atomic mass is 35.5. The van der Waals surface area contributed by atoms with E-state index in [2.05, 4.69) is 20.3 Å². The molecule has 0 radical (unpaired) electrons. The van der Waals surface area contributed by atoms with Crippen molar-refractivity contribution in [1.29, 1.82) is 0 Å². The Morgan fingerprint density at radius 1 is 1.07 bits per heavy atom. The first kappa shape index (κ1) is 17.5. The predicted molar refractivity (Wildman–Crippen MR) is 109 cm³/mol. The molecule has 4 N–H and O–H groups in total. The van der Waals surface area contributed by atoms with Crippen LogP contribution in [-0.2, 0) is 6.54 Å². The Morgan fingerprint density at radius 3 is 2.74 bits per heavy atom. The topological polar surface area (TPSA) is 88.8 Å². The van der Waals surface area contributed by atoms with E-state index in [-0.39, 0.29) is 0 Å². The Kier molecular flexibility index (Phi) is 4.75. The summed E-state index contributed by atoms with van der Waals surface area (Å²) >= 11 is 12.2. The molecule has 0 saturated carbocycles. The molecule has 2 aromatic carbocycles. The van der Waals surface area contributed by atoms with E-state index in [1.54, 1.807) is 18.2 Å². The summed E-state index contributed by atoms with van der Waals surface area (Å²) in [6.07, 6.45) is 1.53. The molecule has 2 aromatic heterocycles. The van der Waals surface area contributed by atoms with Crippen molar-refractivity contribution in [1.82, 2.24) is 15.0 Å². The molecule has 0 spiro atoms. The van der Waals surface area contributed by atoms with Crippen molar-refractivity contribution in [2.45, 2.75) is 6.54 Å². The maximum atomic E-state index is 6.38. The standard InChI is InChI=1S/C19H15Cl2N5O/c20-12-2-6-18(23-10-12)27-14-4-1-11(15(21)8-14)9-24-19-25-16-5-3-13(22)7-17(16)26-19/h1-8,10H,9,22H2,(H2,24,25,26). The largest absolute Gasteiger partial charge is 0.439 e. The molecule has 0 fully saturated rings. The van der Waals surface area contributed by atoms with Gasteiger partial charge in [0.15, 0.2) is 0 Å². The van der Waals surface area contributed by atoms with Crippen LogP contribution in [0.1, 0.15) is 5.56 Å². The number of imidazole rings is 1. The molecule has 4 aromatic rings. The van der Waals surface area contributed by atoms with Crippen LogP contribution in [0.25, 0.3) is 11.0 Å². The lowest BCUT2D eigenvalue weighted by Gasteiger charge is -2.09. The van der Waals surface area contributed by atoms with Crippen molar-refractivity contribution in [2.24, 2.45) is 0 Å². The van der Waals surface area contributed by atoms with Gasteiger partial charge in [0, 0.05) is 29.5 Å². The molecule has 0 aliphatic carbocycles. The van der Waals surface area contributed by atoms with Crippen molar-refractivity contribution in [2.75, 3.05) is 11.1 Å². The molecule has 27 heavy (non-hydrogen) atoms. The molecule has 136 valence electrons. The van der Waals surface area contributed by atoms with Crippen LogP contribution in [-0.4, -0.2) is 15.0 Å². The molecule has 0 saturated heterocycles. The van der Waals surface area contributed by atoms with Crippen LogP contribution in [0.2, 0.25) is 10.0 Å². The van der Waals surface area contributed by atoms with E-state index in [1.165, 1.54) is 6.20 Å². The average Bonchev–Trinajstić information content (AvgIpc) is 3.05. The quantitative estimate of drug-likeness (QED) is 0.398. The number of hydrogen-bond donors (Lipinski definition) is 3. The first-order chi connectivity index (χ1) is 13.1. The smallest absolute Gasteiger partial charge is 0.219 e. The molecule has 6 nitrogen and oxygen atoms in total. The molecule has 0 unspecified atom stereocenters. The fourth-order valence-corrected chi connectivity index (χ4v) is 2.92. The number of aromatic amines is 1. The lowest BCUT2D eigenvalue weighted by atomic mass is 10.2. The number of fused-ring (bicyclic) bond motifs is 1. The summed E-state index contributed by atoms with van der Waals surface area (Å²) in [6, 6.07) is 14.4. The normalized spacial score (nSPS) is 10.9. The van der Waals surface area contributed by atoms with E-state index < -0.39 is 0 Å². The van der Waals surface area contributed by atoms with Gasteiger partial charge in [0.2, 0.25) is 11.8 Å². The molecule has 0 aliphatic rings. The van der Waals surface area contributed by atoms with Crippen LogP contribution >= 0.6 is 23.2 Å². The highest BCUT2D eigenvalue weighted by molar-refractivity contribution is 6.31. The molecule has 2 heterocycles. The third kappa shape index (κ3) is 4.07.